The summed E-state index contributed by atoms with van der Waals surface area (Å²) >= 11 is 3.15. The molecule has 0 radical (unpaired) electrons. The smallest absolute Gasteiger partial charge is 0.259 e. The molecule has 0 saturated heterocycles. The van der Waals surface area contributed by atoms with Crippen LogP contribution >= 0.6 is 23.1 Å². The van der Waals surface area contributed by atoms with Gasteiger partial charge < -0.3 is 10.3 Å². The molecule has 0 unspecified atom stereocenters. The van der Waals surface area contributed by atoms with Gasteiger partial charge in [0.2, 0.25) is 5.91 Å². The number of amides is 1. The molecule has 1 aliphatic carbocycles. The van der Waals surface area contributed by atoms with Gasteiger partial charge in [-0.2, -0.15) is 0 Å². The highest BCUT2D eigenvalue weighted by Crippen LogP contribution is 2.35. The lowest BCUT2D eigenvalue weighted by atomic mass is 9.89. The zero-order valence-corrected chi connectivity index (χ0v) is 17.3. The highest BCUT2D eigenvalue weighted by atomic mass is 32.2. The van der Waals surface area contributed by atoms with Gasteiger partial charge in [0.1, 0.15) is 10.7 Å². The molecule has 2 N–H and O–H groups in total. The number of nitrogens with one attached hydrogen (secondary N) is 2. The lowest BCUT2D eigenvalue weighted by molar-refractivity contribution is -0.119. The Morgan fingerprint density at radius 1 is 1.50 bits per heavy atom. The normalized spacial score (nSPS) is 17.9. The quantitative estimate of drug-likeness (QED) is 0.753. The minimum atomic E-state index is -0.0290. The van der Waals surface area contributed by atoms with Gasteiger partial charge in [0.05, 0.1) is 16.9 Å². The van der Waals surface area contributed by atoms with Crippen LogP contribution in [-0.4, -0.2) is 27.7 Å². The molecule has 0 fully saturated rings. The SMILES string of the molecule is CCC[C@H](C)NC(=O)CSCc1nc2sc3c(c2c(=O)[nH]1)CC[C@H](C)C3. The summed E-state index contributed by atoms with van der Waals surface area (Å²) in [5.41, 5.74) is 1.18. The van der Waals surface area contributed by atoms with E-state index in [9.17, 15) is 9.59 Å². The molecule has 0 bridgehead atoms. The van der Waals surface area contributed by atoms with E-state index in [1.807, 2.05) is 6.92 Å². The van der Waals surface area contributed by atoms with Gasteiger partial charge >= 0.3 is 0 Å². The van der Waals surface area contributed by atoms with Crippen molar-refractivity contribution in [2.45, 2.75) is 64.7 Å². The van der Waals surface area contributed by atoms with Crippen molar-refractivity contribution in [1.82, 2.24) is 15.3 Å². The molecule has 26 heavy (non-hydrogen) atoms. The predicted octanol–water partition coefficient (Wildman–Crippen LogP) is 3.65. The summed E-state index contributed by atoms with van der Waals surface area (Å²) in [6.07, 6.45) is 5.22. The Bertz CT molecular complexity index is 843. The van der Waals surface area contributed by atoms with Crippen molar-refractivity contribution < 1.29 is 4.79 Å². The summed E-state index contributed by atoms with van der Waals surface area (Å²) < 4.78 is 0. The molecule has 1 aliphatic rings. The van der Waals surface area contributed by atoms with E-state index in [0.717, 1.165) is 42.3 Å². The highest BCUT2D eigenvalue weighted by molar-refractivity contribution is 7.99. The van der Waals surface area contributed by atoms with Gasteiger partial charge in [0.15, 0.2) is 0 Å². The molecule has 2 heterocycles. The number of hydrogen-bond donors (Lipinski definition) is 2. The summed E-state index contributed by atoms with van der Waals surface area (Å²) in [5, 5.41) is 3.78. The van der Waals surface area contributed by atoms with Crippen LogP contribution < -0.4 is 10.9 Å². The zero-order chi connectivity index (χ0) is 18.7. The van der Waals surface area contributed by atoms with Gasteiger partial charge in [-0.3, -0.25) is 9.59 Å². The number of carbonyl (C=O) groups is 1. The fraction of sp³-hybridized carbons (Fsp3) is 0.632. The zero-order valence-electron chi connectivity index (χ0n) is 15.7. The van der Waals surface area contributed by atoms with Crippen molar-refractivity contribution >= 4 is 39.2 Å². The van der Waals surface area contributed by atoms with E-state index in [2.05, 4.69) is 29.1 Å². The summed E-state index contributed by atoms with van der Waals surface area (Å²) in [4.78, 5) is 34.3. The Labute approximate surface area is 162 Å². The Morgan fingerprint density at radius 2 is 2.31 bits per heavy atom. The van der Waals surface area contributed by atoms with Crippen LogP contribution in [0.1, 0.15) is 56.3 Å². The topological polar surface area (TPSA) is 74.8 Å². The molecule has 2 aromatic rings. The van der Waals surface area contributed by atoms with Crippen molar-refractivity contribution in [2.75, 3.05) is 5.75 Å². The van der Waals surface area contributed by atoms with Gasteiger partial charge in [-0.15, -0.1) is 23.1 Å². The molecular formula is C19H27N3O2S2. The summed E-state index contributed by atoms with van der Waals surface area (Å²) in [6, 6.07) is 0.210. The summed E-state index contributed by atoms with van der Waals surface area (Å²) in [5.74, 6) is 2.31. The van der Waals surface area contributed by atoms with Crippen LogP contribution in [0, 0.1) is 5.92 Å². The van der Waals surface area contributed by atoms with E-state index in [4.69, 9.17) is 0 Å². The second-order valence-electron chi connectivity index (χ2n) is 7.29. The number of fused-ring (bicyclic) bond motifs is 3. The Morgan fingerprint density at radius 3 is 3.08 bits per heavy atom. The number of aromatic nitrogens is 2. The minimum absolute atomic E-state index is 0.0290. The van der Waals surface area contributed by atoms with E-state index < -0.39 is 0 Å². The largest absolute Gasteiger partial charge is 0.353 e. The van der Waals surface area contributed by atoms with E-state index in [1.54, 1.807) is 11.3 Å². The maximum absolute atomic E-state index is 12.6. The van der Waals surface area contributed by atoms with Crippen LogP contribution in [0.3, 0.4) is 0 Å². The molecule has 2 atom stereocenters. The molecule has 7 heteroatoms. The maximum Gasteiger partial charge on any atom is 0.259 e. The van der Waals surface area contributed by atoms with Gasteiger partial charge in [-0.25, -0.2) is 4.98 Å². The number of aryl methyl sites for hydroxylation is 1. The van der Waals surface area contributed by atoms with Crippen LogP contribution in [0.2, 0.25) is 0 Å². The molecule has 1 amide bonds. The predicted molar refractivity (Wildman–Crippen MR) is 110 cm³/mol. The monoisotopic (exact) mass is 393 g/mol. The molecule has 0 saturated carbocycles. The Kier molecular flexibility index (Phi) is 6.40. The van der Waals surface area contributed by atoms with E-state index in [1.165, 1.54) is 22.2 Å². The van der Waals surface area contributed by atoms with Crippen molar-refractivity contribution in [1.29, 1.82) is 0 Å². The van der Waals surface area contributed by atoms with Crippen LogP contribution in [0.4, 0.5) is 0 Å². The maximum atomic E-state index is 12.6. The third-order valence-electron chi connectivity index (χ3n) is 4.82. The van der Waals surface area contributed by atoms with Crippen molar-refractivity contribution in [2.24, 2.45) is 5.92 Å². The summed E-state index contributed by atoms with van der Waals surface area (Å²) in [6.45, 7) is 6.40. The van der Waals surface area contributed by atoms with E-state index in [-0.39, 0.29) is 17.5 Å². The standard InChI is InChI=1S/C19H27N3O2S2/c1-4-5-12(3)20-16(23)10-25-9-15-21-18(24)17-13-7-6-11(2)8-14(13)26-19(17)22-15/h11-12H,4-10H2,1-3H3,(H,20,23)(H,21,22,24)/t11-,12-/m0/s1. The number of thioether (sulfide) groups is 1. The third kappa shape index (κ3) is 4.49. The first kappa shape index (κ1) is 19.4. The van der Waals surface area contributed by atoms with Crippen molar-refractivity contribution in [3.05, 3.63) is 26.6 Å². The first-order valence-corrected chi connectivity index (χ1v) is 11.4. The molecular weight excluding hydrogens is 366 g/mol. The fourth-order valence-corrected chi connectivity index (χ4v) is 5.63. The van der Waals surface area contributed by atoms with Gasteiger partial charge in [0.25, 0.3) is 5.56 Å². The molecule has 5 nitrogen and oxygen atoms in total. The van der Waals surface area contributed by atoms with E-state index in [0.29, 0.717) is 23.2 Å². The van der Waals surface area contributed by atoms with Gasteiger partial charge in [-0.05, 0) is 44.1 Å². The minimum Gasteiger partial charge on any atom is -0.353 e. The lowest BCUT2D eigenvalue weighted by Gasteiger charge is -2.17. The lowest BCUT2D eigenvalue weighted by Crippen LogP contribution is -2.33. The number of aromatic amines is 1. The molecule has 2 aromatic heterocycles. The number of carbonyl (C=O) groups excluding carboxylic acids is 1. The second kappa shape index (κ2) is 8.57. The second-order valence-corrected chi connectivity index (χ2v) is 9.36. The van der Waals surface area contributed by atoms with Gasteiger partial charge in [0, 0.05) is 10.9 Å². The summed E-state index contributed by atoms with van der Waals surface area (Å²) in [7, 11) is 0. The van der Waals surface area contributed by atoms with Crippen molar-refractivity contribution in [3.8, 4) is 0 Å². The highest BCUT2D eigenvalue weighted by Gasteiger charge is 2.23. The molecule has 0 aliphatic heterocycles. The fourth-order valence-electron chi connectivity index (χ4n) is 3.52. The molecule has 142 valence electrons. The van der Waals surface area contributed by atoms with Gasteiger partial charge in [-0.1, -0.05) is 20.3 Å². The number of nitrogens with zero attached hydrogens (tertiary/aromatic N) is 1. The number of rotatable bonds is 7. The Balaban J connectivity index is 1.64. The number of H-pyrrole nitrogens is 1. The molecule has 3 rings (SSSR count). The van der Waals surface area contributed by atoms with E-state index >= 15 is 0 Å². The first-order chi connectivity index (χ1) is 12.5. The van der Waals surface area contributed by atoms with Crippen LogP contribution in [0.15, 0.2) is 4.79 Å². The number of thiophene rings is 1. The molecule has 0 spiro atoms. The van der Waals surface area contributed by atoms with Crippen LogP contribution in [0.25, 0.3) is 10.2 Å². The first-order valence-electron chi connectivity index (χ1n) is 9.38. The molecule has 0 aromatic carbocycles. The third-order valence-corrected chi connectivity index (χ3v) is 6.91. The number of hydrogen-bond acceptors (Lipinski definition) is 5. The Hall–Kier alpha value is -1.34. The van der Waals surface area contributed by atoms with Crippen molar-refractivity contribution in [3.63, 3.8) is 0 Å². The van der Waals surface area contributed by atoms with Crippen LogP contribution in [-0.2, 0) is 23.4 Å². The average Bonchev–Trinajstić information content (AvgIpc) is 2.92. The average molecular weight is 394 g/mol. The van der Waals surface area contributed by atoms with Crippen LogP contribution in [0.5, 0.6) is 0 Å².